The SMILES string of the molecule is COc1c(C(C)(C)C)cc(C)cc1[Si](C)(C)[c-]1c(C)c(C)c(C)c1C.[CH2-][Si](C)(C)C.[CH2-][Si](C)(C)C.[Sc+3]. The van der Waals surface area contributed by atoms with Crippen molar-refractivity contribution >= 4 is 34.6 Å². The minimum Gasteiger partial charge on any atom is -0.497 e. The van der Waals surface area contributed by atoms with E-state index in [-0.39, 0.29) is 31.3 Å². The maximum Gasteiger partial charge on any atom is 3.00 e. The van der Waals surface area contributed by atoms with Crippen LogP contribution in [0.4, 0.5) is 0 Å². The largest absolute Gasteiger partial charge is 3.00 e. The maximum atomic E-state index is 6.02. The van der Waals surface area contributed by atoms with Crippen LogP contribution in [-0.2, 0) is 31.3 Å². The molecule has 0 spiro atoms. The standard InChI is InChI=1S/C23H35OSi.2C4H11Si.Sc/c1-14-12-19(23(6,7)8)21(24-9)20(13-14)25(10,11)22-17(4)15(2)16(3)18(22)5;2*1-5(2,3)4;/h12-13H,1-11H3;2*1H2,2-4H3;/q3*-1;+3. The van der Waals surface area contributed by atoms with Crippen molar-refractivity contribution in [3.8, 4) is 5.75 Å². The molecule has 202 valence electrons. The minimum absolute atomic E-state index is 0. The molecule has 0 saturated heterocycles. The van der Waals surface area contributed by atoms with Gasteiger partial charge in [-0.15, -0.1) is 21.3 Å². The van der Waals surface area contributed by atoms with Gasteiger partial charge in [-0.05, 0) is 23.1 Å². The molecule has 1 nitrogen and oxygen atoms in total. The van der Waals surface area contributed by atoms with E-state index in [2.05, 4.69) is 133 Å². The molecule has 0 heterocycles. The third-order valence-electron chi connectivity index (χ3n) is 5.98. The normalized spacial score (nSPS) is 12.1. The van der Waals surface area contributed by atoms with Crippen molar-refractivity contribution in [1.82, 2.24) is 0 Å². The van der Waals surface area contributed by atoms with E-state index in [9.17, 15) is 0 Å². The summed E-state index contributed by atoms with van der Waals surface area (Å²) in [6, 6.07) is 4.67. The summed E-state index contributed by atoms with van der Waals surface area (Å²) in [5, 5.41) is 3.02. The van der Waals surface area contributed by atoms with Gasteiger partial charge >= 0.3 is 25.8 Å². The predicted octanol–water partition coefficient (Wildman–Crippen LogP) is 8.47. The Bertz CT molecular complexity index is 932. The van der Waals surface area contributed by atoms with Crippen LogP contribution in [0.3, 0.4) is 0 Å². The second-order valence-electron chi connectivity index (χ2n) is 14.3. The molecule has 0 aliphatic rings. The van der Waals surface area contributed by atoms with Crippen molar-refractivity contribution < 1.29 is 30.6 Å². The zero-order chi connectivity index (χ0) is 28.3. The minimum atomic E-state index is -1.89. The molecule has 0 saturated carbocycles. The van der Waals surface area contributed by atoms with Gasteiger partial charge in [0.2, 0.25) is 0 Å². The Balaban J connectivity index is 0. The molecular weight excluding hydrogens is 518 g/mol. The van der Waals surface area contributed by atoms with Crippen LogP contribution >= 0.6 is 0 Å². The Kier molecular flexibility index (Phi) is 14.6. The van der Waals surface area contributed by atoms with Crippen molar-refractivity contribution in [1.29, 1.82) is 0 Å². The van der Waals surface area contributed by atoms with E-state index in [0.717, 1.165) is 5.75 Å². The fourth-order valence-corrected chi connectivity index (χ4v) is 8.22. The molecule has 0 fully saturated rings. The quantitative estimate of drug-likeness (QED) is 0.264. The fraction of sp³-hybridized carbons (Fsp3) is 0.581. The first-order valence-electron chi connectivity index (χ1n) is 13.0. The molecule has 5 heteroatoms. The summed E-state index contributed by atoms with van der Waals surface area (Å²) in [7, 11) is -1.78. The van der Waals surface area contributed by atoms with Crippen LogP contribution in [-0.4, -0.2) is 31.3 Å². The van der Waals surface area contributed by atoms with Crippen LogP contribution in [0.1, 0.15) is 54.2 Å². The molecule has 2 aromatic rings. The number of methoxy groups -OCH3 is 1. The Hall–Kier alpha value is -0.109. The number of aryl methyl sites for hydroxylation is 1. The zero-order valence-corrected chi connectivity index (χ0v) is 31.9. The van der Waals surface area contributed by atoms with E-state index in [1.54, 1.807) is 5.19 Å². The van der Waals surface area contributed by atoms with E-state index >= 15 is 0 Å². The van der Waals surface area contributed by atoms with Gasteiger partial charge in [-0.25, -0.2) is 0 Å². The predicted molar refractivity (Wildman–Crippen MR) is 172 cm³/mol. The first-order chi connectivity index (χ1) is 15.3. The monoisotopic (exact) mass is 574 g/mol. The number of rotatable bonds is 3. The van der Waals surface area contributed by atoms with E-state index in [1.165, 1.54) is 38.6 Å². The first kappa shape index (κ1) is 38.0. The Morgan fingerprint density at radius 1 is 0.722 bits per heavy atom. The van der Waals surface area contributed by atoms with E-state index in [0.29, 0.717) is 0 Å². The smallest absolute Gasteiger partial charge is 0.497 e. The average molecular weight is 575 g/mol. The summed E-state index contributed by atoms with van der Waals surface area (Å²) in [5.41, 5.74) is 8.59. The summed E-state index contributed by atoms with van der Waals surface area (Å²) in [4.78, 5) is 0. The maximum absolute atomic E-state index is 6.02. The van der Waals surface area contributed by atoms with Crippen molar-refractivity contribution in [3.05, 3.63) is 58.6 Å². The van der Waals surface area contributed by atoms with Gasteiger partial charge < -0.3 is 17.8 Å². The van der Waals surface area contributed by atoms with Gasteiger partial charge in [-0.2, -0.15) is 22.3 Å². The number of benzene rings is 1. The van der Waals surface area contributed by atoms with E-state index < -0.39 is 24.2 Å². The van der Waals surface area contributed by atoms with Crippen LogP contribution in [0.15, 0.2) is 12.1 Å². The van der Waals surface area contributed by atoms with Crippen molar-refractivity contribution in [2.45, 2.75) is 113 Å². The number of hydrogen-bond acceptors (Lipinski definition) is 1. The average Bonchev–Trinajstić information content (AvgIpc) is 2.81. The Morgan fingerprint density at radius 2 is 1.06 bits per heavy atom. The summed E-state index contributed by atoms with van der Waals surface area (Å²) < 4.78 is 6.02. The number of hydrogen-bond donors (Lipinski definition) is 0. The zero-order valence-electron chi connectivity index (χ0n) is 27.1. The third-order valence-corrected chi connectivity index (χ3v) is 9.70. The van der Waals surface area contributed by atoms with Gasteiger partial charge in [-0.3, -0.25) is 0 Å². The molecule has 0 aliphatic heterocycles. The van der Waals surface area contributed by atoms with Gasteiger partial charge in [0.15, 0.2) is 0 Å². The molecule has 0 bridgehead atoms. The van der Waals surface area contributed by atoms with Crippen molar-refractivity contribution in [2.24, 2.45) is 0 Å². The topological polar surface area (TPSA) is 9.23 Å². The van der Waals surface area contributed by atoms with Crippen molar-refractivity contribution in [3.63, 3.8) is 0 Å². The van der Waals surface area contributed by atoms with Gasteiger partial charge in [0.25, 0.3) is 0 Å². The second-order valence-corrected chi connectivity index (χ2v) is 28.8. The second kappa shape index (κ2) is 13.8. The number of ether oxygens (including phenoxy) is 1. The van der Waals surface area contributed by atoms with Crippen LogP contribution in [0, 0.1) is 47.7 Å². The summed E-state index contributed by atoms with van der Waals surface area (Å²) in [6.45, 7) is 44.2. The summed E-state index contributed by atoms with van der Waals surface area (Å²) in [5.74, 6) is 1.10. The van der Waals surface area contributed by atoms with Gasteiger partial charge in [0.1, 0.15) is 5.75 Å². The molecule has 0 aromatic heterocycles. The fourth-order valence-electron chi connectivity index (χ4n) is 4.31. The third kappa shape index (κ3) is 11.7. The summed E-state index contributed by atoms with van der Waals surface area (Å²) in [6.07, 6.45) is 0. The van der Waals surface area contributed by atoms with Crippen LogP contribution < -0.4 is 15.1 Å². The molecule has 0 aliphatic carbocycles. The molecule has 2 rings (SSSR count). The van der Waals surface area contributed by atoms with Gasteiger partial charge in [-0.1, -0.05) is 119 Å². The molecular formula is C31H57OScSi3. The molecule has 36 heavy (non-hydrogen) atoms. The molecule has 0 radical (unpaired) electrons. The molecule has 2 aromatic carbocycles. The van der Waals surface area contributed by atoms with Crippen LogP contribution in [0.2, 0.25) is 52.4 Å². The van der Waals surface area contributed by atoms with Crippen LogP contribution in [0.5, 0.6) is 5.75 Å². The van der Waals surface area contributed by atoms with Gasteiger partial charge in [0, 0.05) is 0 Å². The Morgan fingerprint density at radius 3 is 1.33 bits per heavy atom. The van der Waals surface area contributed by atoms with Gasteiger partial charge in [0.05, 0.1) is 15.2 Å². The first-order valence-corrected chi connectivity index (χ1v) is 23.4. The van der Waals surface area contributed by atoms with E-state index in [1.807, 2.05) is 7.11 Å². The Labute approximate surface area is 248 Å². The van der Waals surface area contributed by atoms with E-state index in [4.69, 9.17) is 4.74 Å². The molecule has 0 atom stereocenters. The summed E-state index contributed by atoms with van der Waals surface area (Å²) >= 11 is 0. The van der Waals surface area contributed by atoms with Crippen molar-refractivity contribution in [2.75, 3.05) is 7.11 Å². The van der Waals surface area contributed by atoms with Crippen LogP contribution in [0.25, 0.3) is 0 Å². The molecule has 0 amide bonds. The molecule has 0 unspecified atom stereocenters. The molecule has 0 N–H and O–H groups in total.